The molecule has 0 spiro atoms. The summed E-state index contributed by atoms with van der Waals surface area (Å²) in [5, 5.41) is 20.8. The lowest BCUT2D eigenvalue weighted by Gasteiger charge is -2.18. The van der Waals surface area contributed by atoms with Gasteiger partial charge in [-0.15, -0.1) is 0 Å². The van der Waals surface area contributed by atoms with Crippen LogP contribution in [0.25, 0.3) is 0 Å². The van der Waals surface area contributed by atoms with Gasteiger partial charge in [-0.05, 0) is 12.8 Å². The van der Waals surface area contributed by atoms with Crippen molar-refractivity contribution in [1.82, 2.24) is 15.0 Å². The molecule has 8 heteroatoms. The Morgan fingerprint density at radius 3 is 2.44 bits per heavy atom. The molecule has 0 saturated carbocycles. The molecule has 0 aliphatic carbocycles. The summed E-state index contributed by atoms with van der Waals surface area (Å²) in [6.07, 6.45) is 2.23. The fourth-order valence-corrected chi connectivity index (χ4v) is 1.84. The van der Waals surface area contributed by atoms with E-state index in [9.17, 15) is 0 Å². The molecule has 0 amide bonds. The minimum atomic E-state index is -0.502. The van der Waals surface area contributed by atoms with Crippen LogP contribution >= 0.6 is 0 Å². The van der Waals surface area contributed by atoms with Crippen LogP contribution in [0, 0.1) is 0 Å². The molecule has 1 aliphatic heterocycles. The van der Waals surface area contributed by atoms with E-state index in [0.717, 1.165) is 25.9 Å². The summed E-state index contributed by atoms with van der Waals surface area (Å²) in [5.41, 5.74) is 5.63. The number of rotatable bonds is 5. The Hall–Kier alpha value is -1.67. The number of aliphatic hydroxyl groups excluding tert-OH is 2. The Kier molecular flexibility index (Phi) is 4.11. The maximum absolute atomic E-state index is 9.00. The molecule has 1 aromatic rings. The number of nitrogens with zero attached hydrogens (tertiary/aromatic N) is 4. The van der Waals surface area contributed by atoms with Gasteiger partial charge in [0, 0.05) is 13.1 Å². The molecular formula is C10H18N6O2. The van der Waals surface area contributed by atoms with Crippen molar-refractivity contribution in [3.8, 4) is 0 Å². The zero-order valence-electron chi connectivity index (χ0n) is 10.1. The second-order valence-corrected chi connectivity index (χ2v) is 4.22. The Morgan fingerprint density at radius 1 is 1.17 bits per heavy atom. The molecule has 1 fully saturated rings. The van der Waals surface area contributed by atoms with Crippen molar-refractivity contribution in [2.45, 2.75) is 18.9 Å². The topological polar surface area (TPSA) is 120 Å². The maximum Gasteiger partial charge on any atom is 0.231 e. The van der Waals surface area contributed by atoms with Crippen LogP contribution in [0.2, 0.25) is 0 Å². The molecule has 1 saturated heterocycles. The van der Waals surface area contributed by atoms with Crippen molar-refractivity contribution >= 4 is 17.8 Å². The van der Waals surface area contributed by atoms with Gasteiger partial charge in [-0.2, -0.15) is 15.0 Å². The Labute approximate surface area is 105 Å². The lowest BCUT2D eigenvalue weighted by molar-refractivity contribution is 0.203. The number of nitrogens with one attached hydrogen (secondary N) is 1. The first-order chi connectivity index (χ1) is 8.72. The number of anilines is 3. The largest absolute Gasteiger partial charge is 0.394 e. The van der Waals surface area contributed by atoms with Gasteiger partial charge in [-0.1, -0.05) is 0 Å². The third-order valence-corrected chi connectivity index (χ3v) is 2.80. The Morgan fingerprint density at radius 2 is 1.83 bits per heavy atom. The van der Waals surface area contributed by atoms with Crippen LogP contribution in [-0.2, 0) is 0 Å². The van der Waals surface area contributed by atoms with E-state index in [-0.39, 0.29) is 25.1 Å². The van der Waals surface area contributed by atoms with Crippen molar-refractivity contribution in [2.75, 3.05) is 42.3 Å². The van der Waals surface area contributed by atoms with Gasteiger partial charge in [0.25, 0.3) is 0 Å². The molecule has 2 heterocycles. The van der Waals surface area contributed by atoms with E-state index in [4.69, 9.17) is 15.9 Å². The molecule has 0 unspecified atom stereocenters. The van der Waals surface area contributed by atoms with Gasteiger partial charge >= 0.3 is 0 Å². The van der Waals surface area contributed by atoms with Crippen LogP contribution < -0.4 is 16.0 Å². The maximum atomic E-state index is 9.00. The third kappa shape index (κ3) is 2.96. The summed E-state index contributed by atoms with van der Waals surface area (Å²) in [7, 11) is 0. The summed E-state index contributed by atoms with van der Waals surface area (Å²) >= 11 is 0. The number of nitrogen functional groups attached to an aromatic ring is 1. The van der Waals surface area contributed by atoms with Crippen LogP contribution in [0.5, 0.6) is 0 Å². The number of aromatic nitrogens is 3. The van der Waals surface area contributed by atoms with Crippen LogP contribution in [0.15, 0.2) is 0 Å². The quantitative estimate of drug-likeness (QED) is 0.518. The van der Waals surface area contributed by atoms with Crippen molar-refractivity contribution in [2.24, 2.45) is 0 Å². The smallest absolute Gasteiger partial charge is 0.231 e. The van der Waals surface area contributed by atoms with Crippen LogP contribution in [0.3, 0.4) is 0 Å². The summed E-state index contributed by atoms with van der Waals surface area (Å²) in [4.78, 5) is 14.3. The van der Waals surface area contributed by atoms with E-state index >= 15 is 0 Å². The summed E-state index contributed by atoms with van der Waals surface area (Å²) < 4.78 is 0. The average Bonchev–Trinajstić information content (AvgIpc) is 2.89. The molecule has 0 radical (unpaired) electrons. The predicted octanol–water partition coefficient (Wildman–Crippen LogP) is -1.18. The lowest BCUT2D eigenvalue weighted by Crippen LogP contribution is -2.30. The Bertz CT molecular complexity index is 392. The monoisotopic (exact) mass is 254 g/mol. The predicted molar refractivity (Wildman–Crippen MR) is 67.3 cm³/mol. The molecule has 1 aromatic heterocycles. The van der Waals surface area contributed by atoms with E-state index in [1.165, 1.54) is 0 Å². The fourth-order valence-electron chi connectivity index (χ4n) is 1.84. The first-order valence-corrected chi connectivity index (χ1v) is 5.97. The summed E-state index contributed by atoms with van der Waals surface area (Å²) in [6, 6.07) is -0.502. The minimum Gasteiger partial charge on any atom is -0.394 e. The normalized spacial score (nSPS) is 15.4. The summed E-state index contributed by atoms with van der Waals surface area (Å²) in [6.45, 7) is 1.40. The average molecular weight is 254 g/mol. The number of hydrogen-bond acceptors (Lipinski definition) is 8. The Balaban J connectivity index is 2.15. The highest BCUT2D eigenvalue weighted by Crippen LogP contribution is 2.17. The molecule has 2 rings (SSSR count). The highest BCUT2D eigenvalue weighted by atomic mass is 16.3. The van der Waals surface area contributed by atoms with Gasteiger partial charge in [-0.25, -0.2) is 0 Å². The molecule has 18 heavy (non-hydrogen) atoms. The lowest BCUT2D eigenvalue weighted by atomic mass is 10.3. The highest BCUT2D eigenvalue weighted by molar-refractivity contribution is 5.42. The van der Waals surface area contributed by atoms with Crippen LogP contribution in [0.1, 0.15) is 12.8 Å². The fraction of sp³-hybridized carbons (Fsp3) is 0.700. The van der Waals surface area contributed by atoms with Gasteiger partial charge in [0.2, 0.25) is 17.8 Å². The molecule has 100 valence electrons. The second-order valence-electron chi connectivity index (χ2n) is 4.22. The van der Waals surface area contributed by atoms with Gasteiger partial charge < -0.3 is 26.2 Å². The summed E-state index contributed by atoms with van der Waals surface area (Å²) in [5.74, 6) is 0.943. The minimum absolute atomic E-state index is 0.129. The van der Waals surface area contributed by atoms with Crippen molar-refractivity contribution < 1.29 is 10.2 Å². The first kappa shape index (κ1) is 12.8. The molecule has 0 bridgehead atoms. The van der Waals surface area contributed by atoms with Crippen LogP contribution in [0.4, 0.5) is 17.8 Å². The van der Waals surface area contributed by atoms with E-state index in [0.29, 0.717) is 5.95 Å². The van der Waals surface area contributed by atoms with Crippen LogP contribution in [-0.4, -0.2) is 57.5 Å². The molecule has 0 atom stereocenters. The van der Waals surface area contributed by atoms with Gasteiger partial charge in [-0.3, -0.25) is 0 Å². The standard InChI is InChI=1S/C10H18N6O2/c11-8-13-9(12-7(5-17)6-18)15-10(14-8)16-3-1-2-4-16/h7,17-18H,1-6H2,(H3,11,12,13,14,15). The number of hydrogen-bond donors (Lipinski definition) is 4. The molecular weight excluding hydrogens is 236 g/mol. The molecule has 8 nitrogen and oxygen atoms in total. The first-order valence-electron chi connectivity index (χ1n) is 5.97. The number of nitrogens with two attached hydrogens (primary N) is 1. The van der Waals surface area contributed by atoms with Crippen molar-refractivity contribution in [3.63, 3.8) is 0 Å². The van der Waals surface area contributed by atoms with Crippen molar-refractivity contribution in [3.05, 3.63) is 0 Å². The second kappa shape index (κ2) is 5.78. The zero-order valence-corrected chi connectivity index (χ0v) is 10.1. The third-order valence-electron chi connectivity index (χ3n) is 2.80. The molecule has 0 aromatic carbocycles. The SMILES string of the molecule is Nc1nc(NC(CO)CO)nc(N2CCCC2)n1. The number of aliphatic hydroxyl groups is 2. The van der Waals surface area contributed by atoms with E-state index in [1.807, 2.05) is 4.90 Å². The zero-order chi connectivity index (χ0) is 13.0. The van der Waals surface area contributed by atoms with Gasteiger partial charge in [0.05, 0.1) is 19.3 Å². The van der Waals surface area contributed by atoms with E-state index in [2.05, 4.69) is 20.3 Å². The molecule has 1 aliphatic rings. The van der Waals surface area contributed by atoms with E-state index < -0.39 is 6.04 Å². The molecule has 5 N–H and O–H groups in total. The van der Waals surface area contributed by atoms with Gasteiger partial charge in [0.15, 0.2) is 0 Å². The van der Waals surface area contributed by atoms with Gasteiger partial charge in [0.1, 0.15) is 0 Å². The van der Waals surface area contributed by atoms with Crippen molar-refractivity contribution in [1.29, 1.82) is 0 Å². The highest BCUT2D eigenvalue weighted by Gasteiger charge is 2.17. The van der Waals surface area contributed by atoms with E-state index in [1.54, 1.807) is 0 Å².